The summed E-state index contributed by atoms with van der Waals surface area (Å²) >= 11 is 0. The zero-order valence-corrected chi connectivity index (χ0v) is 11.7. The number of H-pyrrole nitrogens is 1. The predicted molar refractivity (Wildman–Crippen MR) is 76.5 cm³/mol. The second kappa shape index (κ2) is 6.23. The molecule has 2 aromatic rings. The zero-order chi connectivity index (χ0) is 14.5. The standard InChI is InChI=1S/C15H18N2O3/c1-3-17(10-8-13(18)20-2)15(19)12-6-4-5-11-7-9-16-14(11)12/h4-7,9,16H,3,8,10H2,1-2H3. The SMILES string of the molecule is CCN(CCC(=O)OC)C(=O)c1cccc2cc[nH]c12. The minimum Gasteiger partial charge on any atom is -0.469 e. The van der Waals surface area contributed by atoms with E-state index in [1.54, 1.807) is 11.0 Å². The first-order valence-corrected chi connectivity index (χ1v) is 6.59. The van der Waals surface area contributed by atoms with Gasteiger partial charge in [0.2, 0.25) is 0 Å². The molecule has 0 atom stereocenters. The normalized spacial score (nSPS) is 10.5. The molecule has 1 amide bonds. The highest BCUT2D eigenvalue weighted by Crippen LogP contribution is 2.18. The van der Waals surface area contributed by atoms with Gasteiger partial charge in [0.25, 0.3) is 5.91 Å². The van der Waals surface area contributed by atoms with Crippen molar-refractivity contribution in [3.8, 4) is 0 Å². The Morgan fingerprint density at radius 3 is 2.80 bits per heavy atom. The lowest BCUT2D eigenvalue weighted by Gasteiger charge is -2.20. The van der Waals surface area contributed by atoms with Gasteiger partial charge in [-0.25, -0.2) is 0 Å². The van der Waals surface area contributed by atoms with Crippen molar-refractivity contribution in [2.24, 2.45) is 0 Å². The van der Waals surface area contributed by atoms with Crippen LogP contribution in [0.25, 0.3) is 10.9 Å². The molecule has 0 bridgehead atoms. The number of methoxy groups -OCH3 is 1. The number of fused-ring (bicyclic) bond motifs is 1. The summed E-state index contributed by atoms with van der Waals surface area (Å²) in [5.74, 6) is -0.390. The molecular formula is C15H18N2O3. The number of para-hydroxylation sites is 1. The van der Waals surface area contributed by atoms with Crippen molar-refractivity contribution in [1.82, 2.24) is 9.88 Å². The summed E-state index contributed by atoms with van der Waals surface area (Å²) in [7, 11) is 1.35. The Kier molecular flexibility index (Phi) is 4.40. The van der Waals surface area contributed by atoms with E-state index < -0.39 is 0 Å². The number of nitrogens with one attached hydrogen (secondary N) is 1. The second-order valence-corrected chi connectivity index (χ2v) is 4.46. The first kappa shape index (κ1) is 14.1. The number of aromatic nitrogens is 1. The molecular weight excluding hydrogens is 256 g/mol. The van der Waals surface area contributed by atoms with E-state index >= 15 is 0 Å². The van der Waals surface area contributed by atoms with E-state index in [0.717, 1.165) is 10.9 Å². The average Bonchev–Trinajstić information content (AvgIpc) is 2.95. The minimum absolute atomic E-state index is 0.0792. The summed E-state index contributed by atoms with van der Waals surface area (Å²) in [6.45, 7) is 2.80. The molecule has 0 radical (unpaired) electrons. The number of ether oxygens (including phenoxy) is 1. The number of nitrogens with zero attached hydrogens (tertiary/aromatic N) is 1. The molecule has 5 nitrogen and oxygen atoms in total. The van der Waals surface area contributed by atoms with Gasteiger partial charge in [0.05, 0.1) is 24.6 Å². The van der Waals surface area contributed by atoms with Crippen LogP contribution in [0.1, 0.15) is 23.7 Å². The van der Waals surface area contributed by atoms with E-state index in [0.29, 0.717) is 18.7 Å². The topological polar surface area (TPSA) is 62.4 Å². The predicted octanol–water partition coefficient (Wildman–Crippen LogP) is 2.19. The van der Waals surface area contributed by atoms with E-state index in [-0.39, 0.29) is 18.3 Å². The Morgan fingerprint density at radius 2 is 2.10 bits per heavy atom. The fourth-order valence-electron chi connectivity index (χ4n) is 2.17. The third-order valence-electron chi connectivity index (χ3n) is 3.30. The first-order chi connectivity index (χ1) is 9.67. The van der Waals surface area contributed by atoms with Crippen LogP contribution in [0, 0.1) is 0 Å². The molecule has 0 aliphatic rings. The summed E-state index contributed by atoms with van der Waals surface area (Å²) in [6.07, 6.45) is 2.02. The van der Waals surface area contributed by atoms with E-state index in [1.807, 2.05) is 31.3 Å². The van der Waals surface area contributed by atoms with Crippen molar-refractivity contribution in [3.63, 3.8) is 0 Å². The number of carbonyl (C=O) groups excluding carboxylic acids is 2. The lowest BCUT2D eigenvalue weighted by Crippen LogP contribution is -2.33. The fraction of sp³-hybridized carbons (Fsp3) is 0.333. The van der Waals surface area contributed by atoms with Crippen molar-refractivity contribution in [3.05, 3.63) is 36.0 Å². The summed E-state index contributed by atoms with van der Waals surface area (Å²) in [6, 6.07) is 7.53. The monoisotopic (exact) mass is 274 g/mol. The molecule has 1 aromatic heterocycles. The molecule has 1 heterocycles. The van der Waals surface area contributed by atoms with Crippen LogP contribution in [0.15, 0.2) is 30.5 Å². The Morgan fingerprint density at radius 1 is 1.30 bits per heavy atom. The van der Waals surface area contributed by atoms with Crippen LogP contribution < -0.4 is 0 Å². The molecule has 2 rings (SSSR count). The molecule has 0 unspecified atom stereocenters. The first-order valence-electron chi connectivity index (χ1n) is 6.59. The maximum atomic E-state index is 12.5. The van der Waals surface area contributed by atoms with Crippen LogP contribution >= 0.6 is 0 Å². The summed E-state index contributed by atoms with van der Waals surface area (Å²) in [5, 5.41) is 1.000. The molecule has 0 aliphatic heterocycles. The third kappa shape index (κ3) is 2.82. The summed E-state index contributed by atoms with van der Waals surface area (Å²) < 4.78 is 4.61. The lowest BCUT2D eigenvalue weighted by atomic mass is 10.1. The van der Waals surface area contributed by atoms with Gasteiger partial charge >= 0.3 is 5.97 Å². The molecule has 0 fully saturated rings. The molecule has 0 saturated carbocycles. The lowest BCUT2D eigenvalue weighted by molar-refractivity contribution is -0.140. The van der Waals surface area contributed by atoms with E-state index in [9.17, 15) is 9.59 Å². The van der Waals surface area contributed by atoms with Gasteiger partial charge in [-0.3, -0.25) is 9.59 Å². The van der Waals surface area contributed by atoms with E-state index in [1.165, 1.54) is 7.11 Å². The maximum Gasteiger partial charge on any atom is 0.307 e. The number of benzene rings is 1. The number of carbonyl (C=O) groups is 2. The number of hydrogen-bond acceptors (Lipinski definition) is 3. The smallest absolute Gasteiger partial charge is 0.307 e. The molecule has 0 saturated heterocycles. The van der Waals surface area contributed by atoms with Crippen LogP contribution in [0.3, 0.4) is 0 Å². The fourth-order valence-corrected chi connectivity index (χ4v) is 2.17. The Bertz CT molecular complexity index is 618. The highest BCUT2D eigenvalue weighted by atomic mass is 16.5. The van der Waals surface area contributed by atoms with Gasteiger partial charge in [-0.15, -0.1) is 0 Å². The van der Waals surface area contributed by atoms with Crippen LogP contribution in [0.2, 0.25) is 0 Å². The Hall–Kier alpha value is -2.30. The van der Waals surface area contributed by atoms with Crippen LogP contribution in [-0.4, -0.2) is 42.0 Å². The zero-order valence-electron chi connectivity index (χ0n) is 11.7. The number of hydrogen-bond donors (Lipinski definition) is 1. The molecule has 20 heavy (non-hydrogen) atoms. The van der Waals surface area contributed by atoms with Gasteiger partial charge in [0.15, 0.2) is 0 Å². The second-order valence-electron chi connectivity index (χ2n) is 4.46. The number of esters is 1. The van der Waals surface area contributed by atoms with Gasteiger partial charge in [-0.2, -0.15) is 0 Å². The molecule has 1 aromatic carbocycles. The van der Waals surface area contributed by atoms with Gasteiger partial charge in [-0.1, -0.05) is 12.1 Å². The van der Waals surface area contributed by atoms with Crippen molar-refractivity contribution < 1.29 is 14.3 Å². The third-order valence-corrected chi connectivity index (χ3v) is 3.30. The maximum absolute atomic E-state index is 12.5. The quantitative estimate of drug-likeness (QED) is 0.850. The van der Waals surface area contributed by atoms with Gasteiger partial charge in [-0.05, 0) is 19.1 Å². The van der Waals surface area contributed by atoms with Gasteiger partial charge < -0.3 is 14.6 Å². The van der Waals surface area contributed by atoms with Crippen LogP contribution in [0.4, 0.5) is 0 Å². The molecule has 5 heteroatoms. The highest BCUT2D eigenvalue weighted by Gasteiger charge is 2.18. The van der Waals surface area contributed by atoms with Crippen LogP contribution in [-0.2, 0) is 9.53 Å². The number of aromatic amines is 1. The summed E-state index contributed by atoms with van der Waals surface area (Å²) in [5.41, 5.74) is 1.45. The van der Waals surface area contributed by atoms with Crippen molar-refractivity contribution in [1.29, 1.82) is 0 Å². The molecule has 0 spiro atoms. The molecule has 1 N–H and O–H groups in total. The van der Waals surface area contributed by atoms with E-state index in [2.05, 4.69) is 9.72 Å². The van der Waals surface area contributed by atoms with Crippen molar-refractivity contribution in [2.45, 2.75) is 13.3 Å². The molecule has 106 valence electrons. The highest BCUT2D eigenvalue weighted by molar-refractivity contribution is 6.05. The van der Waals surface area contributed by atoms with E-state index in [4.69, 9.17) is 0 Å². The van der Waals surface area contributed by atoms with Gasteiger partial charge in [0, 0.05) is 24.7 Å². The van der Waals surface area contributed by atoms with Gasteiger partial charge in [0.1, 0.15) is 0 Å². The van der Waals surface area contributed by atoms with Crippen molar-refractivity contribution in [2.75, 3.05) is 20.2 Å². The Labute approximate surface area is 117 Å². The number of rotatable bonds is 5. The number of amides is 1. The minimum atomic E-state index is -0.311. The van der Waals surface area contributed by atoms with Crippen LogP contribution in [0.5, 0.6) is 0 Å². The Balaban J connectivity index is 2.20. The average molecular weight is 274 g/mol. The summed E-state index contributed by atoms with van der Waals surface area (Å²) in [4.78, 5) is 28.5. The largest absolute Gasteiger partial charge is 0.469 e. The molecule has 0 aliphatic carbocycles. The van der Waals surface area contributed by atoms with Crippen molar-refractivity contribution >= 4 is 22.8 Å².